The van der Waals surface area contributed by atoms with E-state index in [1.807, 2.05) is 0 Å². The van der Waals surface area contributed by atoms with Crippen molar-refractivity contribution in [2.24, 2.45) is 17.4 Å². The first-order chi connectivity index (χ1) is 5.35. The molecular formula is C9H22N2. The first-order valence-electron chi connectivity index (χ1n) is 4.75. The van der Waals surface area contributed by atoms with Gasteiger partial charge < -0.3 is 11.5 Å². The molecule has 0 saturated carbocycles. The molecule has 0 heterocycles. The van der Waals surface area contributed by atoms with Gasteiger partial charge in [-0.2, -0.15) is 0 Å². The Morgan fingerprint density at radius 2 is 1.55 bits per heavy atom. The van der Waals surface area contributed by atoms with E-state index in [9.17, 15) is 0 Å². The van der Waals surface area contributed by atoms with Crippen LogP contribution in [0, 0.1) is 5.92 Å². The summed E-state index contributed by atoms with van der Waals surface area (Å²) >= 11 is 0. The second kappa shape index (κ2) is 8.02. The Morgan fingerprint density at radius 3 is 1.91 bits per heavy atom. The highest BCUT2D eigenvalue weighted by molar-refractivity contribution is 4.60. The van der Waals surface area contributed by atoms with Crippen LogP contribution in [-0.2, 0) is 0 Å². The maximum Gasteiger partial charge on any atom is -0.00746 e. The molecule has 0 unspecified atom stereocenters. The van der Waals surface area contributed by atoms with Gasteiger partial charge in [0, 0.05) is 0 Å². The lowest BCUT2D eigenvalue weighted by molar-refractivity contribution is 0.416. The van der Waals surface area contributed by atoms with E-state index >= 15 is 0 Å². The second-order valence-electron chi connectivity index (χ2n) is 3.16. The van der Waals surface area contributed by atoms with Gasteiger partial charge in [0.15, 0.2) is 0 Å². The van der Waals surface area contributed by atoms with Crippen molar-refractivity contribution in [1.29, 1.82) is 0 Å². The fourth-order valence-corrected chi connectivity index (χ4v) is 1.40. The van der Waals surface area contributed by atoms with Crippen LogP contribution in [0.15, 0.2) is 0 Å². The third kappa shape index (κ3) is 6.32. The highest BCUT2D eigenvalue weighted by Gasteiger charge is 2.04. The van der Waals surface area contributed by atoms with Crippen molar-refractivity contribution >= 4 is 0 Å². The average Bonchev–Trinajstić information content (AvgIpc) is 2.01. The zero-order valence-corrected chi connectivity index (χ0v) is 7.68. The second-order valence-corrected chi connectivity index (χ2v) is 3.16. The van der Waals surface area contributed by atoms with Crippen molar-refractivity contribution in [3.8, 4) is 0 Å². The van der Waals surface area contributed by atoms with Crippen LogP contribution in [-0.4, -0.2) is 13.1 Å². The lowest BCUT2D eigenvalue weighted by Crippen LogP contribution is -2.13. The molecule has 0 saturated heterocycles. The molecule has 0 aliphatic carbocycles. The molecule has 0 aromatic heterocycles. The molecular weight excluding hydrogens is 136 g/mol. The SMILES string of the molecule is CCCCC(CCN)CCN. The molecule has 11 heavy (non-hydrogen) atoms. The number of nitrogens with two attached hydrogens (primary N) is 2. The zero-order valence-electron chi connectivity index (χ0n) is 7.68. The van der Waals surface area contributed by atoms with Crippen LogP contribution >= 0.6 is 0 Å². The van der Waals surface area contributed by atoms with E-state index in [0.29, 0.717) is 0 Å². The molecule has 0 aromatic carbocycles. The third-order valence-electron chi connectivity index (χ3n) is 2.12. The van der Waals surface area contributed by atoms with E-state index in [4.69, 9.17) is 11.5 Å². The fourth-order valence-electron chi connectivity index (χ4n) is 1.40. The minimum atomic E-state index is 0.782. The van der Waals surface area contributed by atoms with Gasteiger partial charge >= 0.3 is 0 Å². The molecule has 0 radical (unpaired) electrons. The topological polar surface area (TPSA) is 52.0 Å². The van der Waals surface area contributed by atoms with Crippen molar-refractivity contribution < 1.29 is 0 Å². The molecule has 2 nitrogen and oxygen atoms in total. The lowest BCUT2D eigenvalue weighted by Gasteiger charge is -2.13. The Morgan fingerprint density at radius 1 is 1.00 bits per heavy atom. The molecule has 0 aliphatic heterocycles. The van der Waals surface area contributed by atoms with Crippen LogP contribution in [0.25, 0.3) is 0 Å². The van der Waals surface area contributed by atoms with E-state index in [2.05, 4.69) is 6.92 Å². The molecule has 0 aromatic rings. The molecule has 0 aliphatic rings. The van der Waals surface area contributed by atoms with Crippen LogP contribution in [0.4, 0.5) is 0 Å². The quantitative estimate of drug-likeness (QED) is 0.590. The minimum absolute atomic E-state index is 0.782. The first kappa shape index (κ1) is 10.9. The number of unbranched alkanes of at least 4 members (excludes halogenated alkanes) is 1. The molecule has 0 spiro atoms. The number of rotatable bonds is 7. The molecule has 0 amide bonds. The van der Waals surface area contributed by atoms with Crippen LogP contribution in [0.2, 0.25) is 0 Å². The van der Waals surface area contributed by atoms with Gasteiger partial charge in [0.1, 0.15) is 0 Å². The predicted molar refractivity (Wildman–Crippen MR) is 50.4 cm³/mol. The summed E-state index contributed by atoms with van der Waals surface area (Å²) in [4.78, 5) is 0. The van der Waals surface area contributed by atoms with Crippen molar-refractivity contribution in [3.63, 3.8) is 0 Å². The zero-order chi connectivity index (χ0) is 8.53. The molecule has 0 fully saturated rings. The van der Waals surface area contributed by atoms with Gasteiger partial charge in [-0.05, 0) is 31.8 Å². The molecule has 0 bridgehead atoms. The maximum absolute atomic E-state index is 5.49. The van der Waals surface area contributed by atoms with E-state index in [-0.39, 0.29) is 0 Å². The van der Waals surface area contributed by atoms with E-state index in [0.717, 1.165) is 31.8 Å². The van der Waals surface area contributed by atoms with Crippen molar-refractivity contribution in [2.75, 3.05) is 13.1 Å². The van der Waals surface area contributed by atoms with Gasteiger partial charge in [-0.15, -0.1) is 0 Å². The Kier molecular flexibility index (Phi) is 7.96. The summed E-state index contributed by atoms with van der Waals surface area (Å²) in [5, 5.41) is 0. The normalized spacial score (nSPS) is 10.9. The third-order valence-corrected chi connectivity index (χ3v) is 2.12. The van der Waals surface area contributed by atoms with Crippen LogP contribution in [0.1, 0.15) is 39.0 Å². The number of hydrogen-bond donors (Lipinski definition) is 2. The van der Waals surface area contributed by atoms with Gasteiger partial charge in [-0.25, -0.2) is 0 Å². The predicted octanol–water partition coefficient (Wildman–Crippen LogP) is 1.49. The standard InChI is InChI=1S/C9H22N2/c1-2-3-4-9(5-7-10)6-8-11/h9H,2-8,10-11H2,1H3. The summed E-state index contributed by atoms with van der Waals surface area (Å²) < 4.78 is 0. The summed E-state index contributed by atoms with van der Waals surface area (Å²) in [6, 6.07) is 0. The summed E-state index contributed by atoms with van der Waals surface area (Å²) in [5.41, 5.74) is 11.0. The Balaban J connectivity index is 3.34. The van der Waals surface area contributed by atoms with E-state index in [1.165, 1.54) is 19.3 Å². The highest BCUT2D eigenvalue weighted by Crippen LogP contribution is 2.14. The Hall–Kier alpha value is -0.0800. The van der Waals surface area contributed by atoms with Crippen molar-refractivity contribution in [1.82, 2.24) is 0 Å². The Bertz CT molecular complexity index is 68.0. The monoisotopic (exact) mass is 158 g/mol. The van der Waals surface area contributed by atoms with Gasteiger partial charge in [-0.3, -0.25) is 0 Å². The highest BCUT2D eigenvalue weighted by atomic mass is 14.5. The average molecular weight is 158 g/mol. The Labute approximate surface area is 70.3 Å². The smallest absolute Gasteiger partial charge is 0.00746 e. The largest absolute Gasteiger partial charge is 0.330 e. The molecule has 2 heteroatoms. The van der Waals surface area contributed by atoms with Crippen molar-refractivity contribution in [3.05, 3.63) is 0 Å². The molecule has 0 rings (SSSR count). The summed E-state index contributed by atoms with van der Waals surface area (Å²) in [6.07, 6.45) is 6.22. The first-order valence-corrected chi connectivity index (χ1v) is 4.75. The van der Waals surface area contributed by atoms with Crippen LogP contribution < -0.4 is 11.5 Å². The van der Waals surface area contributed by atoms with E-state index < -0.39 is 0 Å². The summed E-state index contributed by atoms with van der Waals surface area (Å²) in [6.45, 7) is 3.85. The fraction of sp³-hybridized carbons (Fsp3) is 1.00. The van der Waals surface area contributed by atoms with Gasteiger partial charge in [0.05, 0.1) is 0 Å². The van der Waals surface area contributed by atoms with Gasteiger partial charge in [0.25, 0.3) is 0 Å². The van der Waals surface area contributed by atoms with Gasteiger partial charge in [0.2, 0.25) is 0 Å². The summed E-state index contributed by atoms with van der Waals surface area (Å²) in [7, 11) is 0. The van der Waals surface area contributed by atoms with E-state index in [1.54, 1.807) is 0 Å². The molecule has 68 valence electrons. The molecule has 4 N–H and O–H groups in total. The number of hydrogen-bond acceptors (Lipinski definition) is 2. The van der Waals surface area contributed by atoms with Crippen molar-refractivity contribution in [2.45, 2.75) is 39.0 Å². The maximum atomic E-state index is 5.49. The van der Waals surface area contributed by atoms with Crippen LogP contribution in [0.3, 0.4) is 0 Å². The minimum Gasteiger partial charge on any atom is -0.330 e. The lowest BCUT2D eigenvalue weighted by atomic mass is 9.95. The summed E-state index contributed by atoms with van der Waals surface area (Å²) in [5.74, 6) is 0.782. The molecule has 0 atom stereocenters. The van der Waals surface area contributed by atoms with Gasteiger partial charge in [-0.1, -0.05) is 26.2 Å². The van der Waals surface area contributed by atoms with Crippen LogP contribution in [0.5, 0.6) is 0 Å².